The minimum atomic E-state index is 0.0926. The summed E-state index contributed by atoms with van der Waals surface area (Å²) in [5, 5.41) is 0. The summed E-state index contributed by atoms with van der Waals surface area (Å²) in [6.45, 7) is 0. The second-order valence-electron chi connectivity index (χ2n) is 5.57. The minimum Gasteiger partial charge on any atom is -0.290 e. The van der Waals surface area contributed by atoms with Crippen molar-refractivity contribution in [2.45, 2.75) is 0 Å². The van der Waals surface area contributed by atoms with Crippen LogP contribution in [0, 0.1) is 0 Å². The van der Waals surface area contributed by atoms with Crippen LogP contribution in [0.2, 0.25) is 0 Å². The molecule has 0 unspecified atom stereocenters. The van der Waals surface area contributed by atoms with Gasteiger partial charge in [-0.3, -0.25) is 4.79 Å². The molecule has 0 spiro atoms. The van der Waals surface area contributed by atoms with E-state index >= 15 is 0 Å². The first-order valence-corrected chi connectivity index (χ1v) is 8.82. The van der Waals surface area contributed by atoms with Crippen LogP contribution in [-0.4, -0.2) is 5.78 Å². The molecule has 0 N–H and O–H groups in total. The lowest BCUT2D eigenvalue weighted by Crippen LogP contribution is -1.81. The topological polar surface area (TPSA) is 17.1 Å². The lowest BCUT2D eigenvalue weighted by Gasteiger charge is -2.06. The van der Waals surface area contributed by atoms with Crippen LogP contribution in [0.3, 0.4) is 0 Å². The summed E-state index contributed by atoms with van der Waals surface area (Å²) in [5.74, 6) is 0.0926. The highest BCUT2D eigenvalue weighted by atomic mass is 79.9. The van der Waals surface area contributed by atoms with Crippen LogP contribution in [0.4, 0.5) is 0 Å². The largest absolute Gasteiger partial charge is 0.290 e. The van der Waals surface area contributed by atoms with E-state index in [9.17, 15) is 4.79 Å². The summed E-state index contributed by atoms with van der Waals surface area (Å²) in [7, 11) is 0. The van der Waals surface area contributed by atoms with E-state index in [1.165, 1.54) is 34.4 Å². The van der Waals surface area contributed by atoms with E-state index in [-0.39, 0.29) is 5.78 Å². The first kappa shape index (κ1) is 17.1. The lowest BCUT2D eigenvalue weighted by molar-refractivity contribution is -0.110. The minimum absolute atomic E-state index is 0.0926. The number of carbonyl (C=O) groups excluding carboxylic acids is 1. The Morgan fingerprint density at radius 2 is 1.08 bits per heavy atom. The molecule has 0 atom stereocenters. The maximum absolute atomic E-state index is 10.1. The number of hydrogen-bond acceptors (Lipinski definition) is 1. The van der Waals surface area contributed by atoms with Crippen molar-refractivity contribution in [2.24, 2.45) is 0 Å². The first-order valence-electron chi connectivity index (χ1n) is 8.02. The summed E-state index contributed by atoms with van der Waals surface area (Å²) in [5.41, 5.74) is 4.98. The number of hydrogen-bond donors (Lipinski definition) is 0. The molecule has 0 aliphatic heterocycles. The smallest absolute Gasteiger partial charge is 0.178 e. The Balaban J connectivity index is 0.000000258. The zero-order valence-corrected chi connectivity index (χ0v) is 15.2. The van der Waals surface area contributed by atoms with E-state index in [1.54, 1.807) is 12.2 Å². The van der Waals surface area contributed by atoms with Crippen LogP contribution in [0.25, 0.3) is 22.3 Å². The Kier molecular flexibility index (Phi) is 5.76. The van der Waals surface area contributed by atoms with Gasteiger partial charge in [0.25, 0.3) is 0 Å². The molecule has 1 aliphatic rings. The van der Waals surface area contributed by atoms with Gasteiger partial charge in [-0.2, -0.15) is 0 Å². The summed E-state index contributed by atoms with van der Waals surface area (Å²) in [4.78, 5) is 10.1. The number of benzene rings is 3. The van der Waals surface area contributed by atoms with Gasteiger partial charge in [-0.15, -0.1) is 0 Å². The summed E-state index contributed by atoms with van der Waals surface area (Å²) >= 11 is 3.47. The molecule has 122 valence electrons. The van der Waals surface area contributed by atoms with Crippen molar-refractivity contribution in [3.63, 3.8) is 0 Å². The van der Waals surface area contributed by atoms with Crippen LogP contribution in [0.5, 0.6) is 0 Å². The molecule has 0 aromatic heterocycles. The Labute approximate surface area is 156 Å². The summed E-state index contributed by atoms with van der Waals surface area (Å²) < 4.78 is 1.11. The fraction of sp³-hybridized carbons (Fsp3) is 0. The van der Waals surface area contributed by atoms with Crippen molar-refractivity contribution in [1.82, 2.24) is 0 Å². The molecule has 0 fully saturated rings. The van der Waals surface area contributed by atoms with E-state index in [0.717, 1.165) is 4.47 Å². The van der Waals surface area contributed by atoms with Crippen molar-refractivity contribution in [1.29, 1.82) is 0 Å². The van der Waals surface area contributed by atoms with E-state index in [0.29, 0.717) is 0 Å². The molecule has 3 aromatic rings. The van der Waals surface area contributed by atoms with Crippen molar-refractivity contribution in [3.8, 4) is 22.3 Å². The average molecular weight is 389 g/mol. The first-order chi connectivity index (χ1) is 12.2. The summed E-state index contributed by atoms with van der Waals surface area (Å²) in [6, 6.07) is 27.5. The van der Waals surface area contributed by atoms with Gasteiger partial charge in [0.15, 0.2) is 5.78 Å². The van der Waals surface area contributed by atoms with Gasteiger partial charge in [-0.25, -0.2) is 0 Å². The molecular formula is C23H17BrO. The zero-order valence-electron chi connectivity index (χ0n) is 13.6. The third-order valence-corrected chi connectivity index (χ3v) is 4.31. The second kappa shape index (κ2) is 8.41. The van der Waals surface area contributed by atoms with Crippen LogP contribution >= 0.6 is 15.9 Å². The molecular weight excluding hydrogens is 372 g/mol. The predicted octanol–water partition coefficient (Wildman–Crippen LogP) is 6.46. The maximum Gasteiger partial charge on any atom is 0.178 e. The van der Waals surface area contributed by atoms with Gasteiger partial charge < -0.3 is 0 Å². The average Bonchev–Trinajstić information content (AvgIpc) is 3.15. The van der Waals surface area contributed by atoms with Gasteiger partial charge in [-0.1, -0.05) is 88.7 Å². The maximum atomic E-state index is 10.1. The highest BCUT2D eigenvalue weighted by Crippen LogP contribution is 2.27. The third kappa shape index (κ3) is 4.88. The standard InChI is InChI=1S/C18H13Br.C5H4O/c19-18-11-9-15(10-12-18)17-8-4-7-16(13-17)14-5-2-1-3-6-14;6-5-3-1-2-4-5/h1-13H;1-4H. The van der Waals surface area contributed by atoms with Gasteiger partial charge in [0.2, 0.25) is 0 Å². The van der Waals surface area contributed by atoms with E-state index in [4.69, 9.17) is 0 Å². The van der Waals surface area contributed by atoms with Crippen LogP contribution in [-0.2, 0) is 4.79 Å². The molecule has 1 aliphatic carbocycles. The van der Waals surface area contributed by atoms with Crippen molar-refractivity contribution in [3.05, 3.63) is 108 Å². The molecule has 3 aromatic carbocycles. The van der Waals surface area contributed by atoms with Gasteiger partial charge in [0.1, 0.15) is 0 Å². The third-order valence-electron chi connectivity index (χ3n) is 3.78. The number of allylic oxidation sites excluding steroid dienone is 4. The molecule has 0 saturated heterocycles. The van der Waals surface area contributed by atoms with Crippen molar-refractivity contribution >= 4 is 21.7 Å². The Morgan fingerprint density at radius 3 is 1.60 bits per heavy atom. The Bertz CT molecular complexity index is 892. The Morgan fingerprint density at radius 1 is 0.560 bits per heavy atom. The van der Waals surface area contributed by atoms with E-state index < -0.39 is 0 Å². The molecule has 0 radical (unpaired) electrons. The van der Waals surface area contributed by atoms with Gasteiger partial charge in [0, 0.05) is 4.47 Å². The van der Waals surface area contributed by atoms with Gasteiger partial charge in [-0.05, 0) is 52.6 Å². The monoisotopic (exact) mass is 388 g/mol. The molecule has 0 bridgehead atoms. The number of rotatable bonds is 2. The van der Waals surface area contributed by atoms with E-state index in [1.807, 2.05) is 6.07 Å². The van der Waals surface area contributed by atoms with Crippen LogP contribution in [0.1, 0.15) is 0 Å². The zero-order chi connectivity index (χ0) is 17.5. The lowest BCUT2D eigenvalue weighted by atomic mass is 9.99. The van der Waals surface area contributed by atoms with Gasteiger partial charge in [0.05, 0.1) is 0 Å². The highest BCUT2D eigenvalue weighted by Gasteiger charge is 2.01. The van der Waals surface area contributed by atoms with E-state index in [2.05, 4.69) is 88.7 Å². The fourth-order valence-corrected chi connectivity index (χ4v) is 2.77. The number of ketones is 1. The van der Waals surface area contributed by atoms with Crippen molar-refractivity contribution in [2.75, 3.05) is 0 Å². The molecule has 1 nitrogen and oxygen atoms in total. The predicted molar refractivity (Wildman–Crippen MR) is 108 cm³/mol. The quantitative estimate of drug-likeness (QED) is 0.491. The molecule has 0 saturated carbocycles. The molecule has 2 heteroatoms. The SMILES string of the molecule is Brc1ccc(-c2cccc(-c3ccccc3)c2)cc1.O=C1C=CC=C1. The van der Waals surface area contributed by atoms with Crippen LogP contribution < -0.4 is 0 Å². The highest BCUT2D eigenvalue weighted by molar-refractivity contribution is 9.10. The van der Waals surface area contributed by atoms with Crippen molar-refractivity contribution < 1.29 is 4.79 Å². The second-order valence-corrected chi connectivity index (χ2v) is 6.49. The fourth-order valence-electron chi connectivity index (χ4n) is 2.51. The number of carbonyl (C=O) groups is 1. The van der Waals surface area contributed by atoms with Gasteiger partial charge >= 0.3 is 0 Å². The molecule has 25 heavy (non-hydrogen) atoms. The summed E-state index contributed by atoms with van der Waals surface area (Å²) in [6.07, 6.45) is 6.50. The molecule has 0 heterocycles. The normalized spacial score (nSPS) is 12.0. The Hall–Kier alpha value is -2.71. The molecule has 0 amide bonds. The van der Waals surface area contributed by atoms with Crippen LogP contribution in [0.15, 0.2) is 108 Å². The molecule has 4 rings (SSSR count). The number of halogens is 1.